The van der Waals surface area contributed by atoms with Gasteiger partial charge in [-0.2, -0.15) is 0 Å². The zero-order valence-electron chi connectivity index (χ0n) is 15.7. The third-order valence-electron chi connectivity index (χ3n) is 3.52. The van der Waals surface area contributed by atoms with E-state index in [1.807, 2.05) is 20.8 Å². The SMILES string of the molecule is CCOC(=O)C(Cc1c(OCC)cc(OCC)cc1OCC)C(C)=O. The second-order valence-corrected chi connectivity index (χ2v) is 5.32. The molecule has 1 aromatic rings. The van der Waals surface area contributed by atoms with Crippen molar-refractivity contribution in [2.24, 2.45) is 5.92 Å². The molecule has 140 valence electrons. The molecule has 0 saturated heterocycles. The number of benzene rings is 1. The van der Waals surface area contributed by atoms with E-state index in [1.54, 1.807) is 19.1 Å². The Hall–Kier alpha value is -2.24. The number of ether oxygens (including phenoxy) is 4. The fraction of sp³-hybridized carbons (Fsp3) is 0.579. The number of hydrogen-bond acceptors (Lipinski definition) is 6. The number of ketones is 1. The molecule has 0 spiro atoms. The highest BCUT2D eigenvalue weighted by Gasteiger charge is 2.28. The number of carbonyl (C=O) groups is 2. The smallest absolute Gasteiger partial charge is 0.316 e. The van der Waals surface area contributed by atoms with Crippen molar-refractivity contribution in [1.29, 1.82) is 0 Å². The lowest BCUT2D eigenvalue weighted by Crippen LogP contribution is -2.27. The molecule has 0 heterocycles. The highest BCUT2D eigenvalue weighted by molar-refractivity contribution is 5.98. The standard InChI is InChI=1S/C19H28O6/c1-6-22-14-10-17(23-7-2)16(18(11-14)24-8-3)12-15(13(5)20)19(21)25-9-4/h10-11,15H,6-9,12H2,1-5H3. The fourth-order valence-electron chi connectivity index (χ4n) is 2.46. The molecular formula is C19H28O6. The predicted molar refractivity (Wildman–Crippen MR) is 94.5 cm³/mol. The van der Waals surface area contributed by atoms with Crippen molar-refractivity contribution in [3.63, 3.8) is 0 Å². The first-order valence-electron chi connectivity index (χ1n) is 8.70. The minimum atomic E-state index is -0.892. The molecule has 0 aromatic heterocycles. The van der Waals surface area contributed by atoms with Crippen LogP contribution in [0.25, 0.3) is 0 Å². The van der Waals surface area contributed by atoms with E-state index in [4.69, 9.17) is 18.9 Å². The van der Waals surface area contributed by atoms with Crippen molar-refractivity contribution in [3.8, 4) is 17.2 Å². The number of esters is 1. The summed E-state index contributed by atoms with van der Waals surface area (Å²) < 4.78 is 22.0. The van der Waals surface area contributed by atoms with Gasteiger partial charge in [0.25, 0.3) is 0 Å². The van der Waals surface area contributed by atoms with Gasteiger partial charge in [0.1, 0.15) is 28.9 Å². The van der Waals surface area contributed by atoms with Crippen LogP contribution < -0.4 is 14.2 Å². The zero-order valence-corrected chi connectivity index (χ0v) is 15.7. The van der Waals surface area contributed by atoms with Gasteiger partial charge in [0.2, 0.25) is 0 Å². The minimum Gasteiger partial charge on any atom is -0.494 e. The first-order chi connectivity index (χ1) is 12.0. The molecule has 0 aliphatic carbocycles. The zero-order chi connectivity index (χ0) is 18.8. The molecule has 0 fully saturated rings. The Balaban J connectivity index is 3.32. The largest absolute Gasteiger partial charge is 0.494 e. The summed E-state index contributed by atoms with van der Waals surface area (Å²) in [7, 11) is 0. The fourth-order valence-corrected chi connectivity index (χ4v) is 2.46. The van der Waals surface area contributed by atoms with Gasteiger partial charge >= 0.3 is 5.97 Å². The van der Waals surface area contributed by atoms with Crippen LogP contribution in [-0.2, 0) is 20.7 Å². The second kappa shape index (κ2) is 10.6. The van der Waals surface area contributed by atoms with E-state index in [-0.39, 0.29) is 18.8 Å². The summed E-state index contributed by atoms with van der Waals surface area (Å²) in [5, 5.41) is 0. The van der Waals surface area contributed by atoms with E-state index >= 15 is 0 Å². The van der Waals surface area contributed by atoms with Crippen molar-refractivity contribution >= 4 is 11.8 Å². The second-order valence-electron chi connectivity index (χ2n) is 5.32. The summed E-state index contributed by atoms with van der Waals surface area (Å²) >= 11 is 0. The Kier molecular flexibility index (Phi) is 8.81. The van der Waals surface area contributed by atoms with Crippen molar-refractivity contribution in [3.05, 3.63) is 17.7 Å². The lowest BCUT2D eigenvalue weighted by Gasteiger charge is -2.20. The van der Waals surface area contributed by atoms with Gasteiger partial charge in [-0.05, 0) is 41.0 Å². The molecular weight excluding hydrogens is 324 g/mol. The highest BCUT2D eigenvalue weighted by atomic mass is 16.5. The van der Waals surface area contributed by atoms with Gasteiger partial charge in [-0.3, -0.25) is 9.59 Å². The molecule has 6 heteroatoms. The van der Waals surface area contributed by atoms with Gasteiger partial charge in [-0.15, -0.1) is 0 Å². The Morgan fingerprint density at radius 1 is 0.880 bits per heavy atom. The maximum absolute atomic E-state index is 12.1. The number of carbonyl (C=O) groups excluding carboxylic acids is 2. The monoisotopic (exact) mass is 352 g/mol. The summed E-state index contributed by atoms with van der Waals surface area (Å²) in [6.07, 6.45) is 0.158. The van der Waals surface area contributed by atoms with Gasteiger partial charge in [0, 0.05) is 17.7 Å². The van der Waals surface area contributed by atoms with E-state index < -0.39 is 11.9 Å². The lowest BCUT2D eigenvalue weighted by atomic mass is 9.94. The summed E-state index contributed by atoms with van der Waals surface area (Å²) in [5.74, 6) is 0.0378. The van der Waals surface area contributed by atoms with Gasteiger partial charge in [-0.25, -0.2) is 0 Å². The third-order valence-corrected chi connectivity index (χ3v) is 3.52. The average Bonchev–Trinajstić information content (AvgIpc) is 2.55. The molecule has 1 atom stereocenters. The predicted octanol–water partition coefficient (Wildman–Crippen LogP) is 3.19. The molecule has 1 unspecified atom stereocenters. The van der Waals surface area contributed by atoms with Crippen LogP contribution in [0.5, 0.6) is 17.2 Å². The molecule has 0 bridgehead atoms. The van der Waals surface area contributed by atoms with Gasteiger partial charge in [0.15, 0.2) is 0 Å². The lowest BCUT2D eigenvalue weighted by molar-refractivity contribution is -0.151. The summed E-state index contributed by atoms with van der Waals surface area (Å²) in [6, 6.07) is 3.51. The molecule has 0 aliphatic heterocycles. The van der Waals surface area contributed by atoms with E-state index in [0.29, 0.717) is 42.6 Å². The molecule has 25 heavy (non-hydrogen) atoms. The van der Waals surface area contributed by atoms with Crippen LogP contribution in [0.1, 0.15) is 40.2 Å². The van der Waals surface area contributed by atoms with Crippen molar-refractivity contribution in [2.75, 3.05) is 26.4 Å². The van der Waals surface area contributed by atoms with E-state index in [9.17, 15) is 9.59 Å². The maximum Gasteiger partial charge on any atom is 0.316 e. The summed E-state index contributed by atoms with van der Waals surface area (Å²) in [4.78, 5) is 24.1. The van der Waals surface area contributed by atoms with Crippen LogP contribution in [0.2, 0.25) is 0 Å². The normalized spacial score (nSPS) is 11.6. The molecule has 0 amide bonds. The molecule has 0 aliphatic rings. The van der Waals surface area contributed by atoms with Crippen LogP contribution in [0.15, 0.2) is 12.1 Å². The van der Waals surface area contributed by atoms with Crippen LogP contribution in [0, 0.1) is 5.92 Å². The summed E-state index contributed by atoms with van der Waals surface area (Å²) in [5.41, 5.74) is 0.667. The Labute approximate surface area is 149 Å². The molecule has 0 saturated carbocycles. The number of rotatable bonds is 11. The number of hydrogen-bond donors (Lipinski definition) is 0. The minimum absolute atomic E-state index is 0.158. The first kappa shape index (κ1) is 20.8. The van der Waals surface area contributed by atoms with Crippen LogP contribution >= 0.6 is 0 Å². The molecule has 1 aromatic carbocycles. The number of Topliss-reactive ketones (excluding diaryl/α,β-unsaturated/α-hetero) is 1. The van der Waals surface area contributed by atoms with Crippen molar-refractivity contribution < 1.29 is 28.5 Å². The Morgan fingerprint density at radius 3 is 1.80 bits per heavy atom. The summed E-state index contributed by atoms with van der Waals surface area (Å²) in [6.45, 7) is 10.3. The van der Waals surface area contributed by atoms with E-state index in [1.165, 1.54) is 6.92 Å². The Morgan fingerprint density at radius 2 is 1.40 bits per heavy atom. The first-order valence-corrected chi connectivity index (χ1v) is 8.70. The Bertz CT molecular complexity index is 554. The van der Waals surface area contributed by atoms with Crippen molar-refractivity contribution in [2.45, 2.75) is 41.0 Å². The van der Waals surface area contributed by atoms with E-state index in [0.717, 1.165) is 0 Å². The van der Waals surface area contributed by atoms with Crippen molar-refractivity contribution in [1.82, 2.24) is 0 Å². The molecule has 1 rings (SSSR count). The van der Waals surface area contributed by atoms with Gasteiger partial charge in [-0.1, -0.05) is 0 Å². The van der Waals surface area contributed by atoms with Gasteiger partial charge < -0.3 is 18.9 Å². The van der Waals surface area contributed by atoms with Crippen LogP contribution in [-0.4, -0.2) is 38.2 Å². The topological polar surface area (TPSA) is 71.1 Å². The average molecular weight is 352 g/mol. The maximum atomic E-state index is 12.1. The van der Waals surface area contributed by atoms with Crippen LogP contribution in [0.3, 0.4) is 0 Å². The van der Waals surface area contributed by atoms with Gasteiger partial charge in [0.05, 0.1) is 26.4 Å². The molecule has 6 nitrogen and oxygen atoms in total. The van der Waals surface area contributed by atoms with E-state index in [2.05, 4.69) is 0 Å². The molecule has 0 N–H and O–H groups in total. The molecule has 0 radical (unpaired) electrons. The highest BCUT2D eigenvalue weighted by Crippen LogP contribution is 2.36. The quantitative estimate of drug-likeness (QED) is 0.450. The van der Waals surface area contributed by atoms with Crippen LogP contribution in [0.4, 0.5) is 0 Å². The third kappa shape index (κ3) is 5.96.